The van der Waals surface area contributed by atoms with Crippen molar-refractivity contribution < 1.29 is 9.13 Å². The normalized spacial score (nSPS) is 10.1. The monoisotopic (exact) mass is 376 g/mol. The number of nitrogens with one attached hydrogen (secondary N) is 2. The minimum Gasteiger partial charge on any atom is -0.467 e. The minimum absolute atomic E-state index is 0.113. The van der Waals surface area contributed by atoms with Crippen LogP contribution in [-0.4, -0.2) is 22.1 Å². The summed E-state index contributed by atoms with van der Waals surface area (Å²) in [4.78, 5) is 11.9. The first-order valence-electron chi connectivity index (χ1n) is 5.11. The molecule has 0 aliphatic carbocycles. The van der Waals surface area contributed by atoms with E-state index in [0.29, 0.717) is 9.26 Å². The van der Waals surface area contributed by atoms with Crippen LogP contribution in [0.3, 0.4) is 0 Å². The number of ether oxygens (including phenoxy) is 1. The quantitative estimate of drug-likeness (QED) is 0.424. The van der Waals surface area contributed by atoms with Crippen molar-refractivity contribution in [1.82, 2.24) is 15.0 Å². The van der Waals surface area contributed by atoms with Gasteiger partial charge in [-0.1, -0.05) is 0 Å². The van der Waals surface area contributed by atoms with Crippen LogP contribution in [0.2, 0.25) is 0 Å². The molecule has 0 amide bonds. The molecule has 1 aromatic carbocycles. The molecule has 0 spiro atoms. The predicted molar refractivity (Wildman–Crippen MR) is 76.6 cm³/mol. The molecule has 100 valence electrons. The van der Waals surface area contributed by atoms with Gasteiger partial charge in [-0.25, -0.2) is 10.2 Å². The van der Waals surface area contributed by atoms with Crippen LogP contribution in [0.5, 0.6) is 6.01 Å². The summed E-state index contributed by atoms with van der Waals surface area (Å²) in [5, 5.41) is 2.94. The van der Waals surface area contributed by atoms with Crippen molar-refractivity contribution in [2.24, 2.45) is 5.84 Å². The lowest BCUT2D eigenvalue weighted by molar-refractivity contribution is 0.379. The molecule has 2 rings (SSSR count). The fourth-order valence-electron chi connectivity index (χ4n) is 1.28. The van der Waals surface area contributed by atoms with Crippen LogP contribution >= 0.6 is 22.6 Å². The van der Waals surface area contributed by atoms with Crippen LogP contribution in [0.4, 0.5) is 22.0 Å². The third-order valence-electron chi connectivity index (χ3n) is 2.10. The Labute approximate surface area is 121 Å². The molecule has 9 heteroatoms. The van der Waals surface area contributed by atoms with Crippen molar-refractivity contribution >= 4 is 40.2 Å². The fourth-order valence-corrected chi connectivity index (χ4v) is 1.89. The van der Waals surface area contributed by atoms with Crippen LogP contribution in [-0.2, 0) is 0 Å². The van der Waals surface area contributed by atoms with Gasteiger partial charge in [0, 0.05) is 3.57 Å². The molecule has 0 saturated heterocycles. The summed E-state index contributed by atoms with van der Waals surface area (Å²) < 4.78 is 18.6. The highest BCUT2D eigenvalue weighted by Crippen LogP contribution is 2.22. The Morgan fingerprint density at radius 2 is 2.00 bits per heavy atom. The molecule has 19 heavy (non-hydrogen) atoms. The number of halogens is 2. The molecule has 0 aliphatic heterocycles. The highest BCUT2D eigenvalue weighted by atomic mass is 127. The van der Waals surface area contributed by atoms with Gasteiger partial charge < -0.3 is 10.1 Å². The average molecular weight is 376 g/mol. The van der Waals surface area contributed by atoms with E-state index < -0.39 is 0 Å². The number of aromatic nitrogens is 3. The summed E-state index contributed by atoms with van der Waals surface area (Å²) in [6.45, 7) is 0. The van der Waals surface area contributed by atoms with E-state index in [9.17, 15) is 4.39 Å². The van der Waals surface area contributed by atoms with Gasteiger partial charge in [0.25, 0.3) is 0 Å². The molecule has 0 atom stereocenters. The van der Waals surface area contributed by atoms with E-state index in [-0.39, 0.29) is 23.7 Å². The van der Waals surface area contributed by atoms with E-state index in [2.05, 4.69) is 25.7 Å². The topological polar surface area (TPSA) is 98.0 Å². The van der Waals surface area contributed by atoms with E-state index in [1.165, 1.54) is 19.2 Å². The van der Waals surface area contributed by atoms with Gasteiger partial charge in [-0.2, -0.15) is 15.0 Å². The van der Waals surface area contributed by atoms with Gasteiger partial charge in [0.2, 0.25) is 11.9 Å². The van der Waals surface area contributed by atoms with Crippen molar-refractivity contribution in [2.45, 2.75) is 0 Å². The average Bonchev–Trinajstić information content (AvgIpc) is 2.41. The molecule has 0 saturated carbocycles. The highest BCUT2D eigenvalue weighted by molar-refractivity contribution is 14.1. The third kappa shape index (κ3) is 3.38. The molecule has 7 nitrogen and oxygen atoms in total. The Kier molecular flexibility index (Phi) is 4.27. The Bertz CT molecular complexity index is 574. The summed E-state index contributed by atoms with van der Waals surface area (Å²) in [6.07, 6.45) is 0. The van der Waals surface area contributed by atoms with E-state index >= 15 is 0 Å². The van der Waals surface area contributed by atoms with Gasteiger partial charge in [0.1, 0.15) is 5.82 Å². The van der Waals surface area contributed by atoms with Gasteiger partial charge in [-0.3, -0.25) is 5.43 Å². The van der Waals surface area contributed by atoms with Crippen LogP contribution in [0.1, 0.15) is 0 Å². The van der Waals surface area contributed by atoms with E-state index in [1.54, 1.807) is 6.07 Å². The predicted octanol–water partition coefficient (Wildman–Crippen LogP) is 1.65. The van der Waals surface area contributed by atoms with Crippen LogP contribution in [0.15, 0.2) is 18.2 Å². The van der Waals surface area contributed by atoms with Crippen molar-refractivity contribution in [3.63, 3.8) is 0 Å². The van der Waals surface area contributed by atoms with Gasteiger partial charge in [0.05, 0.1) is 12.8 Å². The van der Waals surface area contributed by atoms with Crippen molar-refractivity contribution in [1.29, 1.82) is 0 Å². The Hall–Kier alpha value is -1.75. The molecule has 1 heterocycles. The number of hydrazine groups is 1. The molecule has 0 radical (unpaired) electrons. The van der Waals surface area contributed by atoms with Crippen LogP contribution in [0, 0.1) is 9.39 Å². The molecule has 0 aliphatic rings. The maximum absolute atomic E-state index is 13.0. The summed E-state index contributed by atoms with van der Waals surface area (Å²) in [5.41, 5.74) is 2.97. The van der Waals surface area contributed by atoms with Gasteiger partial charge >= 0.3 is 6.01 Å². The van der Waals surface area contributed by atoms with Crippen molar-refractivity contribution in [3.05, 3.63) is 27.6 Å². The largest absolute Gasteiger partial charge is 0.467 e. The standard InChI is InChI=1S/C10H10FIN6O/c1-19-10-16-8(15-9(17-10)18-13)14-7-3-2-5(11)4-6(7)12/h2-4H,13H2,1H3,(H2,14,15,16,17,18). The molecule has 0 fully saturated rings. The zero-order chi connectivity index (χ0) is 13.8. The maximum atomic E-state index is 13.0. The van der Waals surface area contributed by atoms with E-state index in [4.69, 9.17) is 10.6 Å². The number of nitrogens with zero attached hydrogens (tertiary/aromatic N) is 3. The number of rotatable bonds is 4. The highest BCUT2D eigenvalue weighted by Gasteiger charge is 2.08. The lowest BCUT2D eigenvalue weighted by atomic mass is 10.3. The Morgan fingerprint density at radius 1 is 1.26 bits per heavy atom. The zero-order valence-corrected chi connectivity index (χ0v) is 12.0. The maximum Gasteiger partial charge on any atom is 0.322 e. The lowest BCUT2D eigenvalue weighted by Crippen LogP contribution is -2.13. The van der Waals surface area contributed by atoms with Gasteiger partial charge in [0.15, 0.2) is 0 Å². The molecular weight excluding hydrogens is 366 g/mol. The Morgan fingerprint density at radius 3 is 2.63 bits per heavy atom. The van der Waals surface area contributed by atoms with E-state index in [1.807, 2.05) is 22.6 Å². The number of hydrogen-bond acceptors (Lipinski definition) is 7. The second kappa shape index (κ2) is 5.93. The summed E-state index contributed by atoms with van der Waals surface area (Å²) in [6, 6.07) is 4.43. The first kappa shape index (κ1) is 13.7. The van der Waals surface area contributed by atoms with Crippen LogP contribution < -0.4 is 21.3 Å². The number of nitrogens with two attached hydrogens (primary N) is 1. The van der Waals surface area contributed by atoms with Gasteiger partial charge in [-0.15, -0.1) is 0 Å². The summed E-state index contributed by atoms with van der Waals surface area (Å²) in [7, 11) is 1.43. The minimum atomic E-state index is -0.313. The van der Waals surface area contributed by atoms with Crippen molar-refractivity contribution in [3.8, 4) is 6.01 Å². The van der Waals surface area contributed by atoms with E-state index in [0.717, 1.165) is 0 Å². The number of anilines is 3. The fraction of sp³-hybridized carbons (Fsp3) is 0.100. The zero-order valence-electron chi connectivity index (χ0n) is 9.82. The second-order valence-electron chi connectivity index (χ2n) is 3.36. The number of hydrogen-bond donors (Lipinski definition) is 3. The SMILES string of the molecule is COc1nc(NN)nc(Nc2ccc(F)cc2I)n1. The number of benzene rings is 1. The molecular formula is C10H10FIN6O. The molecule has 4 N–H and O–H groups in total. The van der Waals surface area contributed by atoms with Crippen LogP contribution in [0.25, 0.3) is 0 Å². The summed E-state index contributed by atoms with van der Waals surface area (Å²) >= 11 is 2.00. The molecule has 0 unspecified atom stereocenters. The molecule has 0 bridgehead atoms. The number of nitrogen functional groups attached to an aromatic ring is 1. The van der Waals surface area contributed by atoms with Gasteiger partial charge in [-0.05, 0) is 40.8 Å². The number of methoxy groups -OCH3 is 1. The van der Waals surface area contributed by atoms with Crippen molar-refractivity contribution in [2.75, 3.05) is 17.9 Å². The first-order chi connectivity index (χ1) is 9.12. The second-order valence-corrected chi connectivity index (χ2v) is 4.53. The summed E-state index contributed by atoms with van der Waals surface area (Å²) in [5.74, 6) is 5.33. The third-order valence-corrected chi connectivity index (χ3v) is 3.00. The Balaban J connectivity index is 2.31. The molecule has 2 aromatic rings. The molecule has 1 aromatic heterocycles. The lowest BCUT2D eigenvalue weighted by Gasteiger charge is -2.09. The smallest absolute Gasteiger partial charge is 0.322 e. The first-order valence-corrected chi connectivity index (χ1v) is 6.19.